The van der Waals surface area contributed by atoms with E-state index in [9.17, 15) is 0 Å². The second kappa shape index (κ2) is 5.18. The zero-order chi connectivity index (χ0) is 14.2. The van der Waals surface area contributed by atoms with Crippen molar-refractivity contribution >= 4 is 0 Å². The zero-order valence-electron chi connectivity index (χ0n) is 13.1. The lowest BCUT2D eigenvalue weighted by atomic mass is 9.64. The van der Waals surface area contributed by atoms with Gasteiger partial charge in [-0.2, -0.15) is 0 Å². The zero-order valence-corrected chi connectivity index (χ0v) is 13.1. The molecule has 1 nitrogen and oxygen atoms in total. The predicted molar refractivity (Wildman–Crippen MR) is 85.9 cm³/mol. The van der Waals surface area contributed by atoms with Gasteiger partial charge in [-0.3, -0.25) is 0 Å². The molecule has 2 aliphatic rings. The van der Waals surface area contributed by atoms with Gasteiger partial charge in [-0.05, 0) is 67.4 Å². The van der Waals surface area contributed by atoms with E-state index in [1.54, 1.807) is 11.1 Å². The summed E-state index contributed by atoms with van der Waals surface area (Å²) < 4.78 is 0. The molecule has 0 amide bonds. The fraction of sp³-hybridized carbons (Fsp3) is 0.684. The van der Waals surface area contributed by atoms with Gasteiger partial charge in [0.15, 0.2) is 0 Å². The summed E-state index contributed by atoms with van der Waals surface area (Å²) in [5.41, 5.74) is 10.5. The number of fused-ring (bicyclic) bond motifs is 1. The van der Waals surface area contributed by atoms with Gasteiger partial charge >= 0.3 is 0 Å². The molecule has 1 saturated carbocycles. The van der Waals surface area contributed by atoms with Crippen LogP contribution in [0.1, 0.15) is 75.8 Å². The molecule has 0 bridgehead atoms. The Bertz CT molecular complexity index is 476. The van der Waals surface area contributed by atoms with Crippen LogP contribution in [0.15, 0.2) is 24.3 Å². The molecule has 1 heteroatoms. The fourth-order valence-electron chi connectivity index (χ4n) is 4.78. The van der Waals surface area contributed by atoms with Crippen LogP contribution in [0.2, 0.25) is 0 Å². The molecule has 110 valence electrons. The number of aryl methyl sites for hydroxylation is 1. The van der Waals surface area contributed by atoms with E-state index in [0.717, 1.165) is 0 Å². The van der Waals surface area contributed by atoms with Crippen LogP contribution in [0.3, 0.4) is 0 Å². The highest BCUT2D eigenvalue weighted by Crippen LogP contribution is 2.45. The average molecular weight is 271 g/mol. The van der Waals surface area contributed by atoms with Gasteiger partial charge in [-0.1, -0.05) is 44.5 Å². The minimum atomic E-state index is 0.0663. The summed E-state index contributed by atoms with van der Waals surface area (Å²) in [6.45, 7) is 4.78. The molecule has 2 N–H and O–H groups in total. The van der Waals surface area contributed by atoms with E-state index in [-0.39, 0.29) is 5.54 Å². The molecular weight excluding hydrogens is 242 g/mol. The van der Waals surface area contributed by atoms with Crippen molar-refractivity contribution in [3.05, 3.63) is 35.4 Å². The Labute approximate surface area is 124 Å². The van der Waals surface area contributed by atoms with Gasteiger partial charge in [-0.25, -0.2) is 0 Å². The predicted octanol–water partition coefficient (Wildman–Crippen LogP) is 4.79. The lowest BCUT2D eigenvalue weighted by Gasteiger charge is -2.45. The first-order valence-electron chi connectivity index (χ1n) is 8.34. The third-order valence-corrected chi connectivity index (χ3v) is 5.51. The van der Waals surface area contributed by atoms with Crippen molar-refractivity contribution in [2.75, 3.05) is 0 Å². The normalized spacial score (nSPS) is 32.6. The summed E-state index contributed by atoms with van der Waals surface area (Å²) in [5.74, 6) is 0.693. The van der Waals surface area contributed by atoms with Gasteiger partial charge in [0.2, 0.25) is 0 Å². The Morgan fingerprint density at radius 2 is 1.95 bits per heavy atom. The van der Waals surface area contributed by atoms with Gasteiger partial charge in [0.25, 0.3) is 0 Å². The number of hydrogen-bond acceptors (Lipinski definition) is 1. The van der Waals surface area contributed by atoms with Crippen LogP contribution < -0.4 is 5.73 Å². The quantitative estimate of drug-likeness (QED) is 0.822. The molecule has 0 saturated heterocycles. The molecule has 20 heavy (non-hydrogen) atoms. The van der Waals surface area contributed by atoms with Crippen molar-refractivity contribution in [3.63, 3.8) is 0 Å². The molecule has 1 fully saturated rings. The molecule has 0 spiro atoms. The third kappa shape index (κ3) is 2.93. The van der Waals surface area contributed by atoms with Crippen LogP contribution in [0, 0.1) is 5.41 Å². The highest BCUT2D eigenvalue weighted by atomic mass is 14.8. The molecule has 0 aliphatic heterocycles. The van der Waals surface area contributed by atoms with E-state index in [4.69, 9.17) is 5.73 Å². The molecule has 2 unspecified atom stereocenters. The number of nitrogens with two attached hydrogens (primary N) is 1. The van der Waals surface area contributed by atoms with Crippen LogP contribution >= 0.6 is 0 Å². The van der Waals surface area contributed by atoms with Crippen molar-refractivity contribution in [2.24, 2.45) is 11.1 Å². The van der Waals surface area contributed by atoms with Gasteiger partial charge in [0.05, 0.1) is 0 Å². The Morgan fingerprint density at radius 1 is 1.15 bits per heavy atom. The molecule has 1 aromatic carbocycles. The highest BCUT2D eigenvalue weighted by molar-refractivity contribution is 5.33. The Morgan fingerprint density at radius 3 is 2.75 bits per heavy atom. The van der Waals surface area contributed by atoms with Crippen LogP contribution in [0.4, 0.5) is 0 Å². The van der Waals surface area contributed by atoms with E-state index >= 15 is 0 Å². The van der Waals surface area contributed by atoms with E-state index in [1.807, 2.05) is 0 Å². The van der Waals surface area contributed by atoms with Gasteiger partial charge in [-0.15, -0.1) is 0 Å². The number of benzene rings is 1. The Balaban J connectivity index is 1.78. The summed E-state index contributed by atoms with van der Waals surface area (Å²) in [4.78, 5) is 0. The van der Waals surface area contributed by atoms with Crippen LogP contribution in [0.5, 0.6) is 0 Å². The van der Waals surface area contributed by atoms with E-state index < -0.39 is 0 Å². The maximum atomic E-state index is 6.82. The summed E-state index contributed by atoms with van der Waals surface area (Å²) in [7, 11) is 0. The minimum absolute atomic E-state index is 0.0663. The van der Waals surface area contributed by atoms with Crippen LogP contribution in [0.25, 0.3) is 0 Å². The molecule has 0 heterocycles. The first-order valence-corrected chi connectivity index (χ1v) is 8.34. The van der Waals surface area contributed by atoms with Crippen molar-refractivity contribution in [1.82, 2.24) is 0 Å². The van der Waals surface area contributed by atoms with Crippen LogP contribution in [-0.4, -0.2) is 5.54 Å². The standard InChI is InChI=1S/C19H29N/c1-18(2)11-6-12-19(20,14-18)13-16-9-5-8-15-7-3-4-10-17(15)16/h3-4,7,10,16H,5-6,8-9,11-14,20H2,1-2H3. The van der Waals surface area contributed by atoms with E-state index in [2.05, 4.69) is 38.1 Å². The Hall–Kier alpha value is -0.820. The highest BCUT2D eigenvalue weighted by Gasteiger charge is 2.39. The molecule has 2 aliphatic carbocycles. The third-order valence-electron chi connectivity index (χ3n) is 5.51. The van der Waals surface area contributed by atoms with Crippen molar-refractivity contribution in [2.45, 2.75) is 76.7 Å². The first kappa shape index (κ1) is 14.1. The van der Waals surface area contributed by atoms with Crippen molar-refractivity contribution in [1.29, 1.82) is 0 Å². The average Bonchev–Trinajstić information content (AvgIpc) is 2.37. The van der Waals surface area contributed by atoms with Crippen molar-refractivity contribution < 1.29 is 0 Å². The molecule has 0 radical (unpaired) electrons. The van der Waals surface area contributed by atoms with Crippen LogP contribution in [-0.2, 0) is 6.42 Å². The molecule has 0 aromatic heterocycles. The first-order chi connectivity index (χ1) is 9.48. The molecule has 3 rings (SSSR count). The summed E-state index contributed by atoms with van der Waals surface area (Å²) >= 11 is 0. The monoisotopic (exact) mass is 271 g/mol. The molecule has 2 atom stereocenters. The van der Waals surface area contributed by atoms with E-state index in [1.165, 1.54) is 51.4 Å². The maximum Gasteiger partial charge on any atom is 0.0165 e. The summed E-state index contributed by atoms with van der Waals surface area (Å²) in [6.07, 6.45) is 10.2. The lowest BCUT2D eigenvalue weighted by molar-refractivity contribution is 0.135. The SMILES string of the molecule is CC1(C)CCCC(N)(CC2CCCc3ccccc32)C1. The fourth-order valence-corrected chi connectivity index (χ4v) is 4.78. The van der Waals surface area contributed by atoms with Gasteiger partial charge in [0.1, 0.15) is 0 Å². The minimum Gasteiger partial charge on any atom is -0.325 e. The number of rotatable bonds is 2. The molecular formula is C19H29N. The topological polar surface area (TPSA) is 26.0 Å². The van der Waals surface area contributed by atoms with Gasteiger partial charge in [0, 0.05) is 5.54 Å². The lowest BCUT2D eigenvalue weighted by Crippen LogP contribution is -2.48. The largest absolute Gasteiger partial charge is 0.325 e. The molecule has 1 aromatic rings. The summed E-state index contributed by atoms with van der Waals surface area (Å²) in [6, 6.07) is 9.04. The smallest absolute Gasteiger partial charge is 0.0165 e. The van der Waals surface area contributed by atoms with E-state index in [0.29, 0.717) is 11.3 Å². The van der Waals surface area contributed by atoms with Gasteiger partial charge < -0.3 is 5.73 Å². The van der Waals surface area contributed by atoms with Crippen molar-refractivity contribution in [3.8, 4) is 0 Å². The second-order valence-corrected chi connectivity index (χ2v) is 8.05. The second-order valence-electron chi connectivity index (χ2n) is 8.05. The Kier molecular flexibility index (Phi) is 3.66. The number of hydrogen-bond donors (Lipinski definition) is 1. The summed E-state index contributed by atoms with van der Waals surface area (Å²) in [5, 5.41) is 0. The maximum absolute atomic E-state index is 6.82.